The van der Waals surface area contributed by atoms with Crippen molar-refractivity contribution < 1.29 is 14.4 Å². The Bertz CT molecular complexity index is 291. The molecule has 1 unspecified atom stereocenters. The van der Waals surface area contributed by atoms with Crippen LogP contribution in [0.1, 0.15) is 6.92 Å². The van der Waals surface area contributed by atoms with E-state index < -0.39 is 5.54 Å². The summed E-state index contributed by atoms with van der Waals surface area (Å²) in [6.07, 6.45) is 0. The van der Waals surface area contributed by atoms with Crippen LogP contribution in [0.3, 0.4) is 0 Å². The number of amides is 1. The minimum Gasteiger partial charge on any atom is -0.342 e. The normalized spacial score (nSPS) is 42.1. The maximum Gasteiger partial charge on any atom is 0.254 e. The lowest BCUT2D eigenvalue weighted by Crippen LogP contribution is -2.42. The van der Waals surface area contributed by atoms with E-state index in [1.54, 1.807) is 11.9 Å². The fourth-order valence-corrected chi connectivity index (χ4v) is 2.21. The Hall–Kier alpha value is -0.940. The molecule has 0 bridgehead atoms. The zero-order chi connectivity index (χ0) is 9.80. The third-order valence-corrected chi connectivity index (χ3v) is 2.90. The van der Waals surface area contributed by atoms with Gasteiger partial charge in [0.05, 0.1) is 13.2 Å². The number of piperazine rings is 1. The van der Waals surface area contributed by atoms with Gasteiger partial charge in [-0.15, -0.1) is 0 Å². The summed E-state index contributed by atoms with van der Waals surface area (Å²) in [7, 11) is 3.18. The molecule has 72 valence electrons. The topological polar surface area (TPSA) is 49.6 Å². The molecular formula is C8H12N2O3. The van der Waals surface area contributed by atoms with Gasteiger partial charge in [-0.25, -0.2) is 0 Å². The second-order valence-electron chi connectivity index (χ2n) is 3.53. The molecular weight excluding hydrogens is 172 g/mol. The van der Waals surface area contributed by atoms with Gasteiger partial charge in [-0.1, -0.05) is 0 Å². The molecule has 0 aliphatic carbocycles. The third kappa shape index (κ3) is 0.739. The molecule has 0 saturated carbocycles. The van der Waals surface area contributed by atoms with E-state index in [4.69, 9.17) is 4.84 Å². The van der Waals surface area contributed by atoms with Crippen molar-refractivity contribution in [2.24, 2.45) is 0 Å². The Morgan fingerprint density at radius 3 is 2.69 bits per heavy atom. The van der Waals surface area contributed by atoms with E-state index in [1.165, 1.54) is 19.1 Å². The number of carbonyl (C=O) groups is 2. The summed E-state index contributed by atoms with van der Waals surface area (Å²) >= 11 is 0. The van der Waals surface area contributed by atoms with Crippen LogP contribution >= 0.6 is 0 Å². The van der Waals surface area contributed by atoms with Crippen molar-refractivity contribution in [2.45, 2.75) is 18.5 Å². The first-order valence-electron chi connectivity index (χ1n) is 4.16. The average molecular weight is 184 g/mol. The zero-order valence-corrected chi connectivity index (χ0v) is 7.90. The minimum atomic E-state index is -0.983. The summed E-state index contributed by atoms with van der Waals surface area (Å²) in [5, 5.41) is 1.48. The van der Waals surface area contributed by atoms with Crippen molar-refractivity contribution in [3.05, 3.63) is 0 Å². The molecule has 2 aliphatic rings. The molecule has 0 N–H and O–H groups in total. The summed E-state index contributed by atoms with van der Waals surface area (Å²) in [6, 6.07) is -0.0764. The molecule has 2 saturated heterocycles. The predicted molar refractivity (Wildman–Crippen MR) is 43.7 cm³/mol. The number of hydrogen-bond acceptors (Lipinski definition) is 4. The number of Topliss-reactive ketones (excluding diaryl/α,β-unsaturated/α-hetero) is 1. The number of likely N-dealkylation sites (N-methyl/N-ethyl adjacent to an activating group) is 1. The standard InChI is InChI=1S/C8H12N2O3/c1-5(11)8-6(10(8)13-3)4-9(2)7(8)12/h6H,4H2,1-3H3/t6-,8+,10?/m0/s1. The van der Waals surface area contributed by atoms with Crippen molar-refractivity contribution in [3.8, 4) is 0 Å². The van der Waals surface area contributed by atoms with Crippen LogP contribution in [0, 0.1) is 0 Å². The monoisotopic (exact) mass is 184 g/mol. The fourth-order valence-electron chi connectivity index (χ4n) is 2.21. The molecule has 0 aromatic rings. The number of likely N-dealkylation sites (tertiary alicyclic amines) is 1. The summed E-state index contributed by atoms with van der Waals surface area (Å²) < 4.78 is 0. The highest BCUT2D eigenvalue weighted by Crippen LogP contribution is 2.48. The summed E-state index contributed by atoms with van der Waals surface area (Å²) in [5.74, 6) is -0.277. The maximum absolute atomic E-state index is 11.7. The largest absolute Gasteiger partial charge is 0.342 e. The molecule has 0 radical (unpaired) electrons. The molecule has 0 spiro atoms. The van der Waals surface area contributed by atoms with E-state index in [1.807, 2.05) is 0 Å². The van der Waals surface area contributed by atoms with Gasteiger partial charge < -0.3 is 9.74 Å². The van der Waals surface area contributed by atoms with E-state index in [-0.39, 0.29) is 17.7 Å². The number of nitrogens with zero attached hydrogens (tertiary/aromatic N) is 2. The molecule has 5 nitrogen and oxygen atoms in total. The van der Waals surface area contributed by atoms with Crippen LogP contribution in [0.15, 0.2) is 0 Å². The molecule has 1 amide bonds. The van der Waals surface area contributed by atoms with Crippen LogP contribution in [0.2, 0.25) is 0 Å². The number of fused-ring (bicyclic) bond motifs is 1. The molecule has 2 rings (SSSR count). The molecule has 5 heteroatoms. The Labute approximate surface area is 76.2 Å². The molecule has 2 aliphatic heterocycles. The summed E-state index contributed by atoms with van der Waals surface area (Å²) in [6.45, 7) is 2.01. The molecule has 3 atom stereocenters. The first-order valence-corrected chi connectivity index (χ1v) is 4.16. The SMILES string of the molecule is CON1[C@H]2CN(C)C(=O)[C@@]21C(C)=O. The Balaban J connectivity index is 2.34. The third-order valence-electron chi connectivity index (χ3n) is 2.90. The van der Waals surface area contributed by atoms with Crippen molar-refractivity contribution in [2.75, 3.05) is 20.7 Å². The lowest BCUT2D eigenvalue weighted by atomic mass is 10.0. The predicted octanol–water partition coefficient (Wildman–Crippen LogP) is -0.968. The first kappa shape index (κ1) is 8.65. The molecule has 0 aromatic heterocycles. The Kier molecular flexibility index (Phi) is 1.53. The van der Waals surface area contributed by atoms with Gasteiger partial charge in [-0.3, -0.25) is 9.59 Å². The molecule has 2 fully saturated rings. The minimum absolute atomic E-state index is 0.0764. The van der Waals surface area contributed by atoms with Crippen molar-refractivity contribution in [1.82, 2.24) is 9.96 Å². The van der Waals surface area contributed by atoms with E-state index >= 15 is 0 Å². The van der Waals surface area contributed by atoms with E-state index in [0.717, 1.165) is 0 Å². The maximum atomic E-state index is 11.7. The molecule has 13 heavy (non-hydrogen) atoms. The highest BCUT2D eigenvalue weighted by atomic mass is 16.7. The second kappa shape index (κ2) is 2.30. The number of hydroxylamine groups is 2. The van der Waals surface area contributed by atoms with Crippen LogP contribution < -0.4 is 0 Å². The van der Waals surface area contributed by atoms with Crippen molar-refractivity contribution in [1.29, 1.82) is 0 Å². The van der Waals surface area contributed by atoms with Gasteiger partial charge in [-0.2, -0.15) is 5.06 Å². The van der Waals surface area contributed by atoms with Crippen molar-refractivity contribution >= 4 is 11.7 Å². The number of carbonyl (C=O) groups excluding carboxylic acids is 2. The van der Waals surface area contributed by atoms with Crippen LogP contribution in [-0.2, 0) is 14.4 Å². The van der Waals surface area contributed by atoms with Crippen LogP contribution in [-0.4, -0.2) is 53.9 Å². The fraction of sp³-hybridized carbons (Fsp3) is 0.750. The van der Waals surface area contributed by atoms with Crippen LogP contribution in [0.4, 0.5) is 0 Å². The number of rotatable bonds is 2. The van der Waals surface area contributed by atoms with Gasteiger partial charge in [0.25, 0.3) is 5.91 Å². The van der Waals surface area contributed by atoms with Gasteiger partial charge in [0, 0.05) is 13.6 Å². The quantitative estimate of drug-likeness (QED) is 0.409. The van der Waals surface area contributed by atoms with Gasteiger partial charge in [-0.05, 0) is 6.92 Å². The number of hydrogen-bond donors (Lipinski definition) is 0. The Morgan fingerprint density at radius 1 is 1.69 bits per heavy atom. The average Bonchev–Trinajstić information content (AvgIpc) is 2.64. The first-order chi connectivity index (χ1) is 6.06. The van der Waals surface area contributed by atoms with E-state index in [2.05, 4.69) is 0 Å². The van der Waals surface area contributed by atoms with E-state index in [9.17, 15) is 9.59 Å². The van der Waals surface area contributed by atoms with Crippen molar-refractivity contribution in [3.63, 3.8) is 0 Å². The molecule has 2 heterocycles. The van der Waals surface area contributed by atoms with E-state index in [0.29, 0.717) is 6.54 Å². The number of ketones is 1. The van der Waals surface area contributed by atoms with Gasteiger partial charge in [0.1, 0.15) is 0 Å². The lowest BCUT2D eigenvalue weighted by Gasteiger charge is -2.17. The summed E-state index contributed by atoms with van der Waals surface area (Å²) in [5.41, 5.74) is -0.983. The van der Waals surface area contributed by atoms with Gasteiger partial charge >= 0.3 is 0 Å². The highest BCUT2D eigenvalue weighted by Gasteiger charge is 2.77. The van der Waals surface area contributed by atoms with Crippen LogP contribution in [0.25, 0.3) is 0 Å². The van der Waals surface area contributed by atoms with Gasteiger partial charge in [0.2, 0.25) is 5.54 Å². The highest BCUT2D eigenvalue weighted by molar-refractivity contribution is 6.15. The lowest BCUT2D eigenvalue weighted by molar-refractivity contribution is -0.150. The summed E-state index contributed by atoms with van der Waals surface area (Å²) in [4.78, 5) is 29.6. The molecule has 0 aromatic carbocycles. The zero-order valence-electron chi connectivity index (χ0n) is 7.90. The smallest absolute Gasteiger partial charge is 0.254 e. The van der Waals surface area contributed by atoms with Gasteiger partial charge in [0.15, 0.2) is 5.78 Å². The second-order valence-corrected chi connectivity index (χ2v) is 3.53. The van der Waals surface area contributed by atoms with Crippen LogP contribution in [0.5, 0.6) is 0 Å². The Morgan fingerprint density at radius 2 is 2.31 bits per heavy atom.